The van der Waals surface area contributed by atoms with Crippen molar-refractivity contribution >= 4 is 5.91 Å². The molecule has 1 aliphatic carbocycles. The molecular formula is C11H21NO2. The Morgan fingerprint density at radius 3 is 2.43 bits per heavy atom. The average Bonchev–Trinajstić information content (AvgIpc) is 2.08. The second-order valence-corrected chi connectivity index (χ2v) is 4.77. The van der Waals surface area contributed by atoms with Gasteiger partial charge in [-0.2, -0.15) is 0 Å². The molecule has 0 aromatic carbocycles. The first-order chi connectivity index (χ1) is 6.50. The maximum atomic E-state index is 11.5. The summed E-state index contributed by atoms with van der Waals surface area (Å²) in [5.74, 6) is 1.11. The molecule has 1 unspecified atom stereocenters. The van der Waals surface area contributed by atoms with Crippen molar-refractivity contribution in [3.8, 4) is 0 Å². The quantitative estimate of drug-likeness (QED) is 0.714. The van der Waals surface area contributed by atoms with E-state index in [4.69, 9.17) is 5.11 Å². The van der Waals surface area contributed by atoms with Crippen LogP contribution in [0.2, 0.25) is 0 Å². The zero-order valence-electron chi connectivity index (χ0n) is 9.29. The van der Waals surface area contributed by atoms with Gasteiger partial charge in [0.1, 0.15) is 0 Å². The first-order valence-electron chi connectivity index (χ1n) is 5.46. The van der Waals surface area contributed by atoms with Gasteiger partial charge < -0.3 is 10.4 Å². The van der Waals surface area contributed by atoms with E-state index in [0.29, 0.717) is 11.8 Å². The fourth-order valence-electron chi connectivity index (χ4n) is 1.58. The summed E-state index contributed by atoms with van der Waals surface area (Å²) in [4.78, 5) is 11.5. The molecule has 0 bridgehead atoms. The predicted molar refractivity (Wildman–Crippen MR) is 55.7 cm³/mol. The van der Waals surface area contributed by atoms with Crippen molar-refractivity contribution in [2.75, 3.05) is 6.54 Å². The van der Waals surface area contributed by atoms with Crippen LogP contribution in [0.15, 0.2) is 0 Å². The van der Waals surface area contributed by atoms with Gasteiger partial charge >= 0.3 is 0 Å². The number of aliphatic hydroxyl groups excluding tert-OH is 1. The summed E-state index contributed by atoms with van der Waals surface area (Å²) in [7, 11) is 0. The monoisotopic (exact) mass is 199 g/mol. The van der Waals surface area contributed by atoms with E-state index in [-0.39, 0.29) is 17.9 Å². The minimum absolute atomic E-state index is 0.0833. The summed E-state index contributed by atoms with van der Waals surface area (Å²) in [5.41, 5.74) is 0. The topological polar surface area (TPSA) is 49.3 Å². The van der Waals surface area contributed by atoms with Crippen LogP contribution in [-0.4, -0.2) is 23.7 Å². The molecule has 1 atom stereocenters. The van der Waals surface area contributed by atoms with Gasteiger partial charge in [-0.25, -0.2) is 0 Å². The van der Waals surface area contributed by atoms with Gasteiger partial charge in [-0.05, 0) is 24.7 Å². The normalized spacial score (nSPS) is 28.4. The van der Waals surface area contributed by atoms with E-state index >= 15 is 0 Å². The van der Waals surface area contributed by atoms with Crippen molar-refractivity contribution < 1.29 is 9.90 Å². The van der Waals surface area contributed by atoms with E-state index in [1.54, 1.807) is 0 Å². The Bertz CT molecular complexity index is 197. The highest BCUT2D eigenvalue weighted by atomic mass is 16.3. The van der Waals surface area contributed by atoms with E-state index < -0.39 is 0 Å². The maximum Gasteiger partial charge on any atom is 0.223 e. The maximum absolute atomic E-state index is 11.5. The Morgan fingerprint density at radius 2 is 2.00 bits per heavy atom. The molecule has 2 N–H and O–H groups in total. The average molecular weight is 199 g/mol. The van der Waals surface area contributed by atoms with Crippen LogP contribution in [-0.2, 0) is 4.79 Å². The zero-order valence-corrected chi connectivity index (χ0v) is 9.29. The Morgan fingerprint density at radius 1 is 1.43 bits per heavy atom. The Balaban J connectivity index is 2.15. The molecule has 0 spiro atoms. The van der Waals surface area contributed by atoms with E-state index in [1.165, 1.54) is 0 Å². The molecule has 1 amide bonds. The molecule has 14 heavy (non-hydrogen) atoms. The van der Waals surface area contributed by atoms with Crippen molar-refractivity contribution in [3.63, 3.8) is 0 Å². The number of amides is 1. The van der Waals surface area contributed by atoms with Crippen molar-refractivity contribution in [1.82, 2.24) is 5.32 Å². The van der Waals surface area contributed by atoms with Gasteiger partial charge in [0.25, 0.3) is 0 Å². The second kappa shape index (κ2) is 4.78. The number of aliphatic hydroxyl groups is 1. The smallest absolute Gasteiger partial charge is 0.223 e. The van der Waals surface area contributed by atoms with Gasteiger partial charge in [-0.3, -0.25) is 4.79 Å². The molecule has 0 radical (unpaired) electrons. The predicted octanol–water partition coefficient (Wildman–Crippen LogP) is 1.17. The van der Waals surface area contributed by atoms with Crippen molar-refractivity contribution in [2.24, 2.45) is 17.8 Å². The lowest BCUT2D eigenvalue weighted by Crippen LogP contribution is -2.40. The molecule has 1 rings (SSSR count). The highest BCUT2D eigenvalue weighted by molar-refractivity contribution is 5.78. The molecule has 1 fully saturated rings. The van der Waals surface area contributed by atoms with E-state index in [1.807, 2.05) is 6.92 Å². The van der Waals surface area contributed by atoms with Crippen LogP contribution < -0.4 is 5.32 Å². The summed E-state index contributed by atoms with van der Waals surface area (Å²) in [6.45, 7) is 6.79. The number of nitrogens with one attached hydrogen (secondary N) is 1. The standard InChI is InChI=1S/C11H21NO2/c1-7(2)8(3)11(14)12-6-9-4-10(13)5-9/h7-10,13H,4-6H2,1-3H3,(H,12,14). The molecule has 3 heteroatoms. The minimum Gasteiger partial charge on any atom is -0.393 e. The summed E-state index contributed by atoms with van der Waals surface area (Å²) in [6, 6.07) is 0. The summed E-state index contributed by atoms with van der Waals surface area (Å²) < 4.78 is 0. The number of rotatable bonds is 4. The summed E-state index contributed by atoms with van der Waals surface area (Å²) in [5, 5.41) is 12.0. The molecule has 3 nitrogen and oxygen atoms in total. The Labute approximate surface area is 85.9 Å². The molecule has 0 aromatic heterocycles. The molecule has 0 aromatic rings. The Kier molecular flexibility index (Phi) is 3.93. The van der Waals surface area contributed by atoms with E-state index in [0.717, 1.165) is 19.4 Å². The van der Waals surface area contributed by atoms with E-state index in [2.05, 4.69) is 19.2 Å². The summed E-state index contributed by atoms with van der Waals surface area (Å²) in [6.07, 6.45) is 1.56. The fourth-order valence-corrected chi connectivity index (χ4v) is 1.58. The van der Waals surface area contributed by atoms with Gasteiger partial charge in [0.05, 0.1) is 6.10 Å². The summed E-state index contributed by atoms with van der Waals surface area (Å²) >= 11 is 0. The van der Waals surface area contributed by atoms with E-state index in [9.17, 15) is 4.79 Å². The lowest BCUT2D eigenvalue weighted by Gasteiger charge is -2.31. The fraction of sp³-hybridized carbons (Fsp3) is 0.909. The first-order valence-corrected chi connectivity index (χ1v) is 5.46. The largest absolute Gasteiger partial charge is 0.393 e. The second-order valence-electron chi connectivity index (χ2n) is 4.77. The third kappa shape index (κ3) is 2.98. The third-order valence-corrected chi connectivity index (χ3v) is 3.19. The Hall–Kier alpha value is -0.570. The molecule has 1 aliphatic rings. The number of carbonyl (C=O) groups excluding carboxylic acids is 1. The molecule has 1 saturated carbocycles. The lowest BCUT2D eigenvalue weighted by atomic mass is 9.82. The van der Waals surface area contributed by atoms with Crippen molar-refractivity contribution in [2.45, 2.75) is 39.7 Å². The minimum atomic E-state index is -0.126. The van der Waals surface area contributed by atoms with Gasteiger partial charge in [-0.1, -0.05) is 20.8 Å². The van der Waals surface area contributed by atoms with Crippen LogP contribution in [0.1, 0.15) is 33.6 Å². The molecule has 0 saturated heterocycles. The molecular weight excluding hydrogens is 178 g/mol. The van der Waals surface area contributed by atoms with Crippen LogP contribution in [0.4, 0.5) is 0 Å². The molecule has 0 heterocycles. The van der Waals surface area contributed by atoms with Crippen LogP contribution in [0.3, 0.4) is 0 Å². The van der Waals surface area contributed by atoms with Gasteiger partial charge in [0.2, 0.25) is 5.91 Å². The highest BCUT2D eigenvalue weighted by Crippen LogP contribution is 2.26. The van der Waals surface area contributed by atoms with Crippen LogP contribution in [0.25, 0.3) is 0 Å². The van der Waals surface area contributed by atoms with Crippen LogP contribution >= 0.6 is 0 Å². The molecule has 82 valence electrons. The van der Waals surface area contributed by atoms with Crippen LogP contribution in [0.5, 0.6) is 0 Å². The van der Waals surface area contributed by atoms with Gasteiger partial charge in [0, 0.05) is 12.5 Å². The third-order valence-electron chi connectivity index (χ3n) is 3.19. The van der Waals surface area contributed by atoms with Gasteiger partial charge in [-0.15, -0.1) is 0 Å². The number of hydrogen-bond donors (Lipinski definition) is 2. The van der Waals surface area contributed by atoms with Crippen LogP contribution in [0, 0.1) is 17.8 Å². The SMILES string of the molecule is CC(C)C(C)C(=O)NCC1CC(O)C1. The van der Waals surface area contributed by atoms with Gasteiger partial charge in [0.15, 0.2) is 0 Å². The lowest BCUT2D eigenvalue weighted by molar-refractivity contribution is -0.126. The molecule has 0 aliphatic heterocycles. The van der Waals surface area contributed by atoms with Crippen molar-refractivity contribution in [1.29, 1.82) is 0 Å². The number of hydrogen-bond acceptors (Lipinski definition) is 2. The first kappa shape index (κ1) is 11.5. The number of carbonyl (C=O) groups is 1. The van der Waals surface area contributed by atoms with Crippen molar-refractivity contribution in [3.05, 3.63) is 0 Å². The highest BCUT2D eigenvalue weighted by Gasteiger charge is 2.27. The zero-order chi connectivity index (χ0) is 10.7.